The lowest BCUT2D eigenvalue weighted by Gasteiger charge is -1.98. The molecule has 4 nitrogen and oxygen atoms in total. The van der Waals surface area contributed by atoms with Gasteiger partial charge >= 0.3 is 0 Å². The summed E-state index contributed by atoms with van der Waals surface area (Å²) in [7, 11) is 0. The van der Waals surface area contributed by atoms with Crippen LogP contribution in [0.5, 0.6) is 0 Å². The molecule has 0 aromatic carbocycles. The van der Waals surface area contributed by atoms with Gasteiger partial charge in [0.1, 0.15) is 12.7 Å². The molecule has 0 saturated carbocycles. The van der Waals surface area contributed by atoms with Gasteiger partial charge in [0.2, 0.25) is 0 Å². The van der Waals surface area contributed by atoms with Crippen LogP contribution in [0, 0.1) is 6.92 Å². The van der Waals surface area contributed by atoms with Crippen LogP contribution in [0.25, 0.3) is 11.4 Å². The van der Waals surface area contributed by atoms with Gasteiger partial charge in [0.15, 0.2) is 0 Å². The van der Waals surface area contributed by atoms with Crippen molar-refractivity contribution in [3.8, 4) is 11.4 Å². The maximum atomic E-state index is 4.11. The van der Waals surface area contributed by atoms with Crippen molar-refractivity contribution in [2.45, 2.75) is 6.92 Å². The third-order valence-electron chi connectivity index (χ3n) is 1.65. The molecular weight excluding hydrogens is 164 g/mol. The highest BCUT2D eigenvalue weighted by Gasteiger charge is 1.99. The molecule has 4 heteroatoms. The molecule has 0 aliphatic carbocycles. The van der Waals surface area contributed by atoms with Crippen molar-refractivity contribution >= 4 is 0 Å². The highest BCUT2D eigenvalue weighted by Crippen LogP contribution is 2.11. The molecule has 2 rings (SSSR count). The van der Waals surface area contributed by atoms with Crippen LogP contribution in [0.15, 0.2) is 31.0 Å². The summed E-state index contributed by atoms with van der Waals surface area (Å²) in [6.07, 6.45) is 4.74. The monoisotopic (exact) mass is 172 g/mol. The first-order valence-electron chi connectivity index (χ1n) is 3.91. The minimum atomic E-state index is 0.820. The molecule has 2 aromatic heterocycles. The zero-order chi connectivity index (χ0) is 9.10. The van der Waals surface area contributed by atoms with Gasteiger partial charge in [0.25, 0.3) is 0 Å². The van der Waals surface area contributed by atoms with Crippen molar-refractivity contribution in [2.24, 2.45) is 0 Å². The molecule has 0 radical (unpaired) electrons. The molecule has 0 amide bonds. The van der Waals surface area contributed by atoms with Crippen LogP contribution in [-0.2, 0) is 0 Å². The Hall–Kier alpha value is -1.84. The molecule has 0 fully saturated rings. The predicted octanol–water partition coefficient (Wildman–Crippen LogP) is 1.24. The van der Waals surface area contributed by atoms with Gasteiger partial charge < -0.3 is 0 Å². The van der Waals surface area contributed by atoms with Crippen LogP contribution >= 0.6 is 0 Å². The van der Waals surface area contributed by atoms with Gasteiger partial charge in [-0.15, -0.1) is 0 Å². The van der Waals surface area contributed by atoms with Gasteiger partial charge in [-0.25, -0.2) is 19.9 Å². The standard InChI is InChI=1S/C9H8N4/c1-7-4-9(13-6-11-7)8-2-3-10-5-12-8/h2-6H,1H3. The zero-order valence-electron chi connectivity index (χ0n) is 7.18. The molecule has 0 spiro atoms. The molecule has 0 bridgehead atoms. The van der Waals surface area contributed by atoms with E-state index in [1.807, 2.05) is 19.1 Å². The molecule has 0 aliphatic rings. The Labute approximate surface area is 75.7 Å². The maximum Gasteiger partial charge on any atom is 0.116 e. The molecule has 2 aromatic rings. The van der Waals surface area contributed by atoms with Crippen LogP contribution in [0.2, 0.25) is 0 Å². The first-order valence-corrected chi connectivity index (χ1v) is 3.91. The van der Waals surface area contributed by atoms with Gasteiger partial charge in [-0.3, -0.25) is 0 Å². The first-order chi connectivity index (χ1) is 6.36. The van der Waals surface area contributed by atoms with Crippen LogP contribution in [-0.4, -0.2) is 19.9 Å². The number of rotatable bonds is 1. The fourth-order valence-electron chi connectivity index (χ4n) is 1.04. The average molecular weight is 172 g/mol. The summed E-state index contributed by atoms with van der Waals surface area (Å²) in [4.78, 5) is 16.0. The van der Waals surface area contributed by atoms with E-state index >= 15 is 0 Å². The van der Waals surface area contributed by atoms with Crippen molar-refractivity contribution in [3.05, 3.63) is 36.7 Å². The van der Waals surface area contributed by atoms with Crippen molar-refractivity contribution in [3.63, 3.8) is 0 Å². The second-order valence-electron chi connectivity index (χ2n) is 2.64. The fourth-order valence-corrected chi connectivity index (χ4v) is 1.04. The Morgan fingerprint density at radius 3 is 2.54 bits per heavy atom. The average Bonchev–Trinajstić information content (AvgIpc) is 2.19. The van der Waals surface area contributed by atoms with E-state index < -0.39 is 0 Å². The molecule has 0 N–H and O–H groups in total. The van der Waals surface area contributed by atoms with E-state index in [1.54, 1.807) is 6.20 Å². The molecule has 2 heterocycles. The Morgan fingerprint density at radius 2 is 1.85 bits per heavy atom. The van der Waals surface area contributed by atoms with E-state index in [-0.39, 0.29) is 0 Å². The summed E-state index contributed by atoms with van der Waals surface area (Å²) in [5.74, 6) is 0. The van der Waals surface area contributed by atoms with E-state index in [9.17, 15) is 0 Å². The molecule has 64 valence electrons. The Bertz CT molecular complexity index is 399. The largest absolute Gasteiger partial charge is 0.245 e. The Kier molecular flexibility index (Phi) is 1.96. The van der Waals surface area contributed by atoms with Crippen LogP contribution < -0.4 is 0 Å². The molecule has 0 atom stereocenters. The normalized spacial score (nSPS) is 9.92. The third-order valence-corrected chi connectivity index (χ3v) is 1.65. The van der Waals surface area contributed by atoms with Crippen LogP contribution in [0.4, 0.5) is 0 Å². The van der Waals surface area contributed by atoms with Crippen molar-refractivity contribution in [1.29, 1.82) is 0 Å². The zero-order valence-corrected chi connectivity index (χ0v) is 7.18. The summed E-state index contributed by atoms with van der Waals surface area (Å²) in [6.45, 7) is 1.92. The lowest BCUT2D eigenvalue weighted by atomic mass is 10.2. The van der Waals surface area contributed by atoms with Crippen molar-refractivity contribution < 1.29 is 0 Å². The summed E-state index contributed by atoms with van der Waals surface area (Å²) in [5.41, 5.74) is 2.58. The molecule has 0 aliphatic heterocycles. The molecule has 13 heavy (non-hydrogen) atoms. The molecule has 0 saturated heterocycles. The highest BCUT2D eigenvalue weighted by atomic mass is 14.9. The van der Waals surface area contributed by atoms with E-state index in [2.05, 4.69) is 19.9 Å². The quantitative estimate of drug-likeness (QED) is 0.649. The van der Waals surface area contributed by atoms with E-state index in [0.29, 0.717) is 0 Å². The maximum absolute atomic E-state index is 4.11. The van der Waals surface area contributed by atoms with Crippen LogP contribution in [0.1, 0.15) is 5.69 Å². The third kappa shape index (κ3) is 1.66. The van der Waals surface area contributed by atoms with Crippen LogP contribution in [0.3, 0.4) is 0 Å². The number of aromatic nitrogens is 4. The van der Waals surface area contributed by atoms with Gasteiger partial charge in [-0.1, -0.05) is 0 Å². The predicted molar refractivity (Wildman–Crippen MR) is 47.8 cm³/mol. The van der Waals surface area contributed by atoms with Gasteiger partial charge in [0.05, 0.1) is 11.4 Å². The van der Waals surface area contributed by atoms with E-state index in [0.717, 1.165) is 17.1 Å². The lowest BCUT2D eigenvalue weighted by Crippen LogP contribution is -1.90. The second kappa shape index (κ2) is 3.26. The second-order valence-corrected chi connectivity index (χ2v) is 2.64. The number of hydrogen-bond acceptors (Lipinski definition) is 4. The Morgan fingerprint density at radius 1 is 1.00 bits per heavy atom. The first kappa shape index (κ1) is 7.79. The van der Waals surface area contributed by atoms with Crippen molar-refractivity contribution in [2.75, 3.05) is 0 Å². The topological polar surface area (TPSA) is 51.6 Å². The van der Waals surface area contributed by atoms with Gasteiger partial charge in [-0.05, 0) is 19.1 Å². The van der Waals surface area contributed by atoms with E-state index in [1.165, 1.54) is 12.7 Å². The number of nitrogens with zero attached hydrogens (tertiary/aromatic N) is 4. The summed E-state index contributed by atoms with van der Waals surface area (Å²) in [6, 6.07) is 3.71. The SMILES string of the molecule is Cc1cc(-c2ccncn2)ncn1. The smallest absolute Gasteiger partial charge is 0.116 e. The minimum Gasteiger partial charge on any atom is -0.245 e. The lowest BCUT2D eigenvalue weighted by molar-refractivity contribution is 1.08. The summed E-state index contributed by atoms with van der Waals surface area (Å²) < 4.78 is 0. The molecular formula is C9H8N4. The minimum absolute atomic E-state index is 0.820. The number of aryl methyl sites for hydroxylation is 1. The van der Waals surface area contributed by atoms with Gasteiger partial charge in [-0.2, -0.15) is 0 Å². The summed E-state index contributed by atoms with van der Waals surface area (Å²) >= 11 is 0. The van der Waals surface area contributed by atoms with Crippen molar-refractivity contribution in [1.82, 2.24) is 19.9 Å². The van der Waals surface area contributed by atoms with Gasteiger partial charge in [0, 0.05) is 11.9 Å². The molecule has 0 unspecified atom stereocenters. The van der Waals surface area contributed by atoms with E-state index in [4.69, 9.17) is 0 Å². The fraction of sp³-hybridized carbons (Fsp3) is 0.111. The Balaban J connectivity index is 2.48. The summed E-state index contributed by atoms with van der Waals surface area (Å²) in [5, 5.41) is 0. The number of hydrogen-bond donors (Lipinski definition) is 0. The highest BCUT2D eigenvalue weighted by molar-refractivity contribution is 5.52.